The summed E-state index contributed by atoms with van der Waals surface area (Å²) in [6.07, 6.45) is 3.36. The van der Waals surface area contributed by atoms with Crippen LogP contribution in [0, 0.1) is 0 Å². The van der Waals surface area contributed by atoms with E-state index in [1.165, 1.54) is 9.21 Å². The Morgan fingerprint density at radius 3 is 2.38 bits per heavy atom. The second kappa shape index (κ2) is 12.0. The van der Waals surface area contributed by atoms with Crippen molar-refractivity contribution in [3.8, 4) is 5.69 Å². The summed E-state index contributed by atoms with van der Waals surface area (Å²) < 4.78 is 29.9. The van der Waals surface area contributed by atoms with Crippen molar-refractivity contribution in [1.82, 2.24) is 20.0 Å². The van der Waals surface area contributed by atoms with Gasteiger partial charge in [-0.1, -0.05) is 15.9 Å². The monoisotopic (exact) mass is 632 g/mol. The highest BCUT2D eigenvalue weighted by Gasteiger charge is 2.32. The summed E-state index contributed by atoms with van der Waals surface area (Å²) in [5, 5.41) is 8.06. The molecule has 0 atom stereocenters. The highest BCUT2D eigenvalue weighted by Crippen LogP contribution is 2.46. The van der Waals surface area contributed by atoms with Gasteiger partial charge in [0.25, 0.3) is 5.91 Å². The van der Waals surface area contributed by atoms with Gasteiger partial charge in [0.15, 0.2) is 0 Å². The van der Waals surface area contributed by atoms with Gasteiger partial charge in [-0.2, -0.15) is 5.10 Å². The van der Waals surface area contributed by atoms with Gasteiger partial charge in [0.1, 0.15) is 5.69 Å². The number of hydrogen-bond acceptors (Lipinski definition) is 6. The van der Waals surface area contributed by atoms with E-state index in [1.54, 1.807) is 24.8 Å². The lowest BCUT2D eigenvalue weighted by atomic mass is 10.0. The molecule has 1 fully saturated rings. The molecular weight excluding hydrogens is 600 g/mol. The van der Waals surface area contributed by atoms with E-state index >= 15 is 0 Å². The number of amides is 3. The minimum Gasteiger partial charge on any atom is -0.370 e. The fourth-order valence-electron chi connectivity index (χ4n) is 4.64. The molecule has 13 heteroatoms. The maximum atomic E-state index is 13.0. The lowest BCUT2D eigenvalue weighted by Crippen LogP contribution is -2.35. The van der Waals surface area contributed by atoms with Gasteiger partial charge in [-0.3, -0.25) is 18.7 Å². The molecule has 3 N–H and O–H groups in total. The van der Waals surface area contributed by atoms with Crippen LogP contribution >= 0.6 is 15.9 Å². The molecule has 0 saturated heterocycles. The number of carbonyl (C=O) groups is 3. The molecule has 40 heavy (non-hydrogen) atoms. The van der Waals surface area contributed by atoms with Gasteiger partial charge in [-0.05, 0) is 67.1 Å². The first-order valence-corrected chi connectivity index (χ1v) is 15.6. The lowest BCUT2D eigenvalue weighted by molar-refractivity contribution is -0.132. The zero-order valence-electron chi connectivity index (χ0n) is 22.7. The largest absolute Gasteiger partial charge is 0.370 e. The molecule has 2 aromatic carbocycles. The lowest BCUT2D eigenvalue weighted by Gasteiger charge is -2.26. The molecule has 0 bridgehead atoms. The smallest absolute Gasteiger partial charge is 0.270 e. The Bertz CT molecular complexity index is 1550. The first-order chi connectivity index (χ1) is 18.9. The predicted octanol–water partition coefficient (Wildman–Crippen LogP) is 2.91. The van der Waals surface area contributed by atoms with Crippen molar-refractivity contribution in [2.75, 3.05) is 37.7 Å². The van der Waals surface area contributed by atoms with Crippen molar-refractivity contribution in [3.63, 3.8) is 0 Å². The van der Waals surface area contributed by atoms with Crippen LogP contribution in [0.1, 0.15) is 54.1 Å². The van der Waals surface area contributed by atoms with Crippen LogP contribution in [-0.4, -0.2) is 74.3 Å². The zero-order chi connectivity index (χ0) is 29.2. The van der Waals surface area contributed by atoms with Gasteiger partial charge < -0.3 is 16.0 Å². The topological polar surface area (TPSA) is 148 Å². The van der Waals surface area contributed by atoms with Crippen molar-refractivity contribution < 1.29 is 22.8 Å². The molecule has 1 aliphatic rings. The van der Waals surface area contributed by atoms with Crippen molar-refractivity contribution >= 4 is 60.3 Å². The first kappa shape index (κ1) is 29.5. The number of nitrogens with one attached hydrogen (secondary N) is 1. The van der Waals surface area contributed by atoms with Crippen LogP contribution < -0.4 is 15.4 Å². The molecule has 3 aromatic rings. The summed E-state index contributed by atoms with van der Waals surface area (Å²) >= 11 is 3.43. The number of halogens is 1. The van der Waals surface area contributed by atoms with Crippen molar-refractivity contribution in [2.45, 2.75) is 38.0 Å². The Kier molecular flexibility index (Phi) is 8.83. The molecule has 1 aliphatic carbocycles. The Morgan fingerprint density at radius 2 is 1.80 bits per heavy atom. The zero-order valence-corrected chi connectivity index (χ0v) is 25.1. The number of primary amides is 1. The van der Waals surface area contributed by atoms with E-state index in [4.69, 9.17) is 10.8 Å². The number of hydrogen-bond donors (Lipinski definition) is 2. The number of rotatable bonds is 12. The SMILES string of the molecule is CNC(=O)c1c2cc(C3CC3)c(N(CCCN(C)C(=O)CCC(N)=O)S(C)(=O)=O)cc2nn1-c1ccc(Br)cc1. The minimum absolute atomic E-state index is 0.0127. The average Bonchev–Trinajstić information content (AvgIpc) is 3.68. The Morgan fingerprint density at radius 1 is 1.12 bits per heavy atom. The quantitative estimate of drug-likeness (QED) is 0.314. The Hall–Kier alpha value is -3.45. The summed E-state index contributed by atoms with van der Waals surface area (Å²) in [5.74, 6) is -0.903. The number of nitrogens with two attached hydrogens (primary N) is 1. The fraction of sp³-hybridized carbons (Fsp3) is 0.407. The fourth-order valence-corrected chi connectivity index (χ4v) is 5.88. The maximum absolute atomic E-state index is 13.0. The molecular formula is C27H33BrN6O5S. The van der Waals surface area contributed by atoms with Gasteiger partial charge in [0, 0.05) is 49.9 Å². The molecule has 0 unspecified atom stereocenters. The van der Waals surface area contributed by atoms with E-state index < -0.39 is 15.9 Å². The van der Waals surface area contributed by atoms with E-state index in [0.29, 0.717) is 40.9 Å². The summed E-state index contributed by atoms with van der Waals surface area (Å²) in [5.41, 5.74) is 8.08. The third kappa shape index (κ3) is 6.64. The molecule has 4 rings (SSSR count). The minimum atomic E-state index is -3.69. The normalized spacial score (nSPS) is 13.3. The van der Waals surface area contributed by atoms with E-state index in [2.05, 4.69) is 21.2 Å². The second-order valence-corrected chi connectivity index (χ2v) is 12.8. The molecule has 214 valence electrons. The van der Waals surface area contributed by atoms with Crippen LogP contribution in [0.4, 0.5) is 5.69 Å². The number of fused-ring (bicyclic) bond motifs is 1. The van der Waals surface area contributed by atoms with Crippen molar-refractivity contribution in [1.29, 1.82) is 0 Å². The average molecular weight is 634 g/mol. The molecule has 3 amide bonds. The van der Waals surface area contributed by atoms with Crippen LogP contribution in [0.25, 0.3) is 16.6 Å². The number of carbonyl (C=O) groups excluding carboxylic acids is 3. The number of aromatic nitrogens is 2. The van der Waals surface area contributed by atoms with Crippen LogP contribution in [0.2, 0.25) is 0 Å². The number of benzene rings is 2. The summed E-state index contributed by atoms with van der Waals surface area (Å²) in [6, 6.07) is 11.0. The predicted molar refractivity (Wildman–Crippen MR) is 157 cm³/mol. The highest BCUT2D eigenvalue weighted by atomic mass is 79.9. The van der Waals surface area contributed by atoms with E-state index in [1.807, 2.05) is 30.3 Å². The summed E-state index contributed by atoms with van der Waals surface area (Å²) in [7, 11) is -0.510. The Labute approximate surface area is 241 Å². The molecule has 0 aliphatic heterocycles. The number of nitrogens with zero attached hydrogens (tertiary/aromatic N) is 4. The molecule has 1 aromatic heterocycles. The maximum Gasteiger partial charge on any atom is 0.270 e. The van der Waals surface area contributed by atoms with Crippen LogP contribution in [0.5, 0.6) is 0 Å². The van der Waals surface area contributed by atoms with Gasteiger partial charge in [0.2, 0.25) is 21.8 Å². The molecule has 1 heterocycles. The van der Waals surface area contributed by atoms with E-state index in [-0.39, 0.29) is 37.1 Å². The van der Waals surface area contributed by atoms with E-state index in [9.17, 15) is 22.8 Å². The van der Waals surface area contributed by atoms with Crippen LogP contribution in [0.3, 0.4) is 0 Å². The summed E-state index contributed by atoms with van der Waals surface area (Å²) in [4.78, 5) is 37.8. The third-order valence-electron chi connectivity index (χ3n) is 6.88. The van der Waals surface area contributed by atoms with Crippen molar-refractivity contribution in [3.05, 3.63) is 52.1 Å². The standard InChI is InChI=1S/C27H33BrN6O5S/c1-30-27(37)26-21-15-20(17-5-6-17)23(16-22(21)31-34(26)19-9-7-18(28)8-10-19)33(40(3,38)39)14-4-13-32(2)25(36)12-11-24(29)35/h7-10,15-17H,4-6,11-14H2,1-3H3,(H2,29,35)(H,30,37). The molecule has 11 nitrogen and oxygen atoms in total. The van der Waals surface area contributed by atoms with Crippen LogP contribution in [-0.2, 0) is 19.6 Å². The molecule has 0 spiro atoms. The van der Waals surface area contributed by atoms with Gasteiger partial charge in [-0.15, -0.1) is 0 Å². The molecule has 0 radical (unpaired) electrons. The third-order valence-corrected chi connectivity index (χ3v) is 8.59. The second-order valence-electron chi connectivity index (χ2n) is 9.99. The van der Waals surface area contributed by atoms with Gasteiger partial charge in [0.05, 0.1) is 23.1 Å². The van der Waals surface area contributed by atoms with Crippen molar-refractivity contribution in [2.24, 2.45) is 5.73 Å². The first-order valence-electron chi connectivity index (χ1n) is 13.0. The van der Waals surface area contributed by atoms with Crippen LogP contribution in [0.15, 0.2) is 40.9 Å². The highest BCUT2D eigenvalue weighted by molar-refractivity contribution is 9.10. The van der Waals surface area contributed by atoms with E-state index in [0.717, 1.165) is 29.1 Å². The number of sulfonamides is 1. The Balaban J connectivity index is 1.72. The van der Waals surface area contributed by atoms with Gasteiger partial charge in [-0.25, -0.2) is 13.1 Å². The number of anilines is 1. The molecule has 1 saturated carbocycles. The summed E-state index contributed by atoms with van der Waals surface area (Å²) in [6.45, 7) is 0.455. The van der Waals surface area contributed by atoms with Gasteiger partial charge >= 0.3 is 0 Å².